The van der Waals surface area contributed by atoms with E-state index in [1.165, 1.54) is 6.08 Å². The molecule has 1 heterocycles. The lowest BCUT2D eigenvalue weighted by atomic mass is 9.92. The van der Waals surface area contributed by atoms with Crippen LogP contribution in [0.2, 0.25) is 0 Å². The average molecular weight is 382 g/mol. The molecule has 0 radical (unpaired) electrons. The van der Waals surface area contributed by atoms with Gasteiger partial charge in [0.1, 0.15) is 12.4 Å². The van der Waals surface area contributed by atoms with Gasteiger partial charge in [-0.25, -0.2) is 4.79 Å². The number of thiocarbonyl (C=S) groups is 1. The molecule has 0 saturated carbocycles. The van der Waals surface area contributed by atoms with Crippen molar-refractivity contribution in [3.05, 3.63) is 52.7 Å². The first-order valence-corrected chi connectivity index (χ1v) is 8.27. The Kier molecular flexibility index (Phi) is 6.31. The molecule has 1 aliphatic heterocycles. The molecule has 0 saturated heterocycles. The molecular weight excluding hydrogens is 362 g/mol. The minimum Gasteiger partial charge on any atom is -0.458 e. The van der Waals surface area contributed by atoms with Crippen molar-refractivity contribution in [1.29, 1.82) is 0 Å². The van der Waals surface area contributed by atoms with Gasteiger partial charge in [-0.05, 0) is 61.8 Å². The number of aryl methyl sites for hydroxylation is 2. The summed E-state index contributed by atoms with van der Waals surface area (Å²) < 4.78 is 34.9. The van der Waals surface area contributed by atoms with Gasteiger partial charge in [-0.2, -0.15) is 8.78 Å². The van der Waals surface area contributed by atoms with Crippen molar-refractivity contribution in [2.75, 3.05) is 6.61 Å². The highest BCUT2D eigenvalue weighted by Crippen LogP contribution is 2.33. The molecule has 0 aliphatic carbocycles. The Morgan fingerprint density at radius 3 is 2.50 bits per heavy atom. The second-order valence-corrected chi connectivity index (χ2v) is 6.23. The van der Waals surface area contributed by atoms with Crippen LogP contribution in [0.5, 0.6) is 5.75 Å². The number of hydrogen-bond donors (Lipinski definition) is 2. The van der Waals surface area contributed by atoms with E-state index in [1.807, 2.05) is 0 Å². The fraction of sp³-hybridized carbons (Fsp3) is 0.333. The minimum atomic E-state index is -2.91. The van der Waals surface area contributed by atoms with E-state index in [9.17, 15) is 13.6 Å². The van der Waals surface area contributed by atoms with Crippen molar-refractivity contribution >= 4 is 23.3 Å². The van der Waals surface area contributed by atoms with E-state index >= 15 is 0 Å². The molecule has 0 fully saturated rings. The van der Waals surface area contributed by atoms with E-state index < -0.39 is 18.6 Å². The number of carbonyl (C=O) groups is 1. The first-order chi connectivity index (χ1) is 12.2. The molecule has 1 aromatic rings. The summed E-state index contributed by atoms with van der Waals surface area (Å²) >= 11 is 5.19. The Hall–Kier alpha value is -2.48. The predicted molar refractivity (Wildman–Crippen MR) is 98.0 cm³/mol. The van der Waals surface area contributed by atoms with Crippen LogP contribution in [0.1, 0.15) is 29.7 Å². The summed E-state index contributed by atoms with van der Waals surface area (Å²) in [7, 11) is 0. The second kappa shape index (κ2) is 8.27. The van der Waals surface area contributed by atoms with Gasteiger partial charge < -0.3 is 20.1 Å². The van der Waals surface area contributed by atoms with Crippen LogP contribution in [0.4, 0.5) is 8.78 Å². The molecule has 5 nitrogen and oxygen atoms in total. The molecule has 0 bridgehead atoms. The second-order valence-electron chi connectivity index (χ2n) is 5.82. The smallest absolute Gasteiger partial charge is 0.387 e. The van der Waals surface area contributed by atoms with Crippen molar-refractivity contribution in [3.8, 4) is 5.75 Å². The molecule has 140 valence electrons. The third kappa shape index (κ3) is 4.37. The summed E-state index contributed by atoms with van der Waals surface area (Å²) in [6, 6.07) is 2.80. The van der Waals surface area contributed by atoms with Gasteiger partial charge >= 0.3 is 12.6 Å². The maximum atomic E-state index is 12.6. The first kappa shape index (κ1) is 19.8. The van der Waals surface area contributed by atoms with Crippen LogP contribution >= 0.6 is 12.2 Å². The van der Waals surface area contributed by atoms with E-state index in [0.29, 0.717) is 33.1 Å². The van der Waals surface area contributed by atoms with E-state index in [-0.39, 0.29) is 12.4 Å². The third-order valence-corrected chi connectivity index (χ3v) is 4.06. The highest BCUT2D eigenvalue weighted by molar-refractivity contribution is 7.80. The van der Waals surface area contributed by atoms with E-state index in [4.69, 9.17) is 17.0 Å². The fourth-order valence-corrected chi connectivity index (χ4v) is 3.12. The number of alkyl halides is 2. The molecule has 0 unspecified atom stereocenters. The first-order valence-electron chi connectivity index (χ1n) is 7.86. The van der Waals surface area contributed by atoms with E-state index in [2.05, 4.69) is 21.9 Å². The molecule has 2 rings (SSSR count). The fourth-order valence-electron chi connectivity index (χ4n) is 2.85. The lowest BCUT2D eigenvalue weighted by molar-refractivity contribution is -0.138. The van der Waals surface area contributed by atoms with Gasteiger partial charge in [0.15, 0.2) is 5.11 Å². The molecule has 1 aromatic carbocycles. The lowest BCUT2D eigenvalue weighted by Crippen LogP contribution is -2.45. The van der Waals surface area contributed by atoms with Gasteiger partial charge in [0.05, 0.1) is 11.6 Å². The Morgan fingerprint density at radius 2 is 1.96 bits per heavy atom. The SMILES string of the molecule is C=CCOC(=O)C1=C(C)NC(=S)N[C@H]1c1cc(C)c(OC(F)F)c(C)c1. The third-order valence-electron chi connectivity index (χ3n) is 3.84. The van der Waals surface area contributed by atoms with Crippen LogP contribution in [0.15, 0.2) is 36.1 Å². The number of allylic oxidation sites excluding steroid dienone is 1. The molecule has 0 spiro atoms. The topological polar surface area (TPSA) is 59.6 Å². The molecule has 0 amide bonds. The normalized spacial score (nSPS) is 16.8. The Balaban J connectivity index is 2.46. The maximum Gasteiger partial charge on any atom is 0.387 e. The van der Waals surface area contributed by atoms with Crippen molar-refractivity contribution in [1.82, 2.24) is 10.6 Å². The van der Waals surface area contributed by atoms with Crippen molar-refractivity contribution in [2.45, 2.75) is 33.4 Å². The predicted octanol–water partition coefficient (Wildman–Crippen LogP) is 3.43. The number of rotatable bonds is 6. The van der Waals surface area contributed by atoms with Gasteiger partial charge in [0.2, 0.25) is 0 Å². The van der Waals surface area contributed by atoms with Crippen molar-refractivity contribution in [3.63, 3.8) is 0 Å². The number of hydrogen-bond acceptors (Lipinski definition) is 4. The Morgan fingerprint density at radius 1 is 1.35 bits per heavy atom. The van der Waals surface area contributed by atoms with Crippen LogP contribution in [-0.4, -0.2) is 24.3 Å². The summed E-state index contributed by atoms with van der Waals surface area (Å²) in [5.41, 5.74) is 2.68. The van der Waals surface area contributed by atoms with Crippen LogP contribution in [0.3, 0.4) is 0 Å². The lowest BCUT2D eigenvalue weighted by Gasteiger charge is -2.30. The highest BCUT2D eigenvalue weighted by Gasteiger charge is 2.31. The molecule has 8 heteroatoms. The largest absolute Gasteiger partial charge is 0.458 e. The van der Waals surface area contributed by atoms with Gasteiger partial charge in [0, 0.05) is 5.70 Å². The van der Waals surface area contributed by atoms with Gasteiger partial charge in [-0.15, -0.1) is 0 Å². The highest BCUT2D eigenvalue weighted by atomic mass is 32.1. The molecule has 26 heavy (non-hydrogen) atoms. The molecule has 1 aliphatic rings. The quantitative estimate of drug-likeness (QED) is 0.447. The number of benzene rings is 1. The van der Waals surface area contributed by atoms with E-state index in [0.717, 1.165) is 0 Å². The zero-order valence-corrected chi connectivity index (χ0v) is 15.5. The number of carbonyl (C=O) groups excluding carboxylic acids is 1. The molecule has 2 N–H and O–H groups in total. The van der Waals surface area contributed by atoms with Crippen LogP contribution in [0, 0.1) is 13.8 Å². The van der Waals surface area contributed by atoms with Gasteiger partial charge in [0.25, 0.3) is 0 Å². The zero-order valence-electron chi connectivity index (χ0n) is 14.7. The minimum absolute atomic E-state index is 0.0754. The molecule has 1 atom stereocenters. The Labute approximate surface area is 156 Å². The number of halogens is 2. The zero-order chi connectivity index (χ0) is 19.4. The summed E-state index contributed by atoms with van der Waals surface area (Å²) in [5, 5.41) is 6.29. The van der Waals surface area contributed by atoms with Crippen LogP contribution in [0.25, 0.3) is 0 Å². The monoisotopic (exact) mass is 382 g/mol. The van der Waals surface area contributed by atoms with Crippen LogP contribution in [-0.2, 0) is 9.53 Å². The Bertz CT molecular complexity index is 755. The maximum absolute atomic E-state index is 12.6. The number of esters is 1. The van der Waals surface area contributed by atoms with Crippen molar-refractivity contribution < 1.29 is 23.0 Å². The number of ether oxygens (including phenoxy) is 2. The van der Waals surface area contributed by atoms with Crippen LogP contribution < -0.4 is 15.4 Å². The van der Waals surface area contributed by atoms with E-state index in [1.54, 1.807) is 32.9 Å². The number of nitrogens with one attached hydrogen (secondary N) is 2. The summed E-state index contributed by atoms with van der Waals surface area (Å²) in [6.45, 7) is 5.74. The average Bonchev–Trinajstić information content (AvgIpc) is 2.54. The standard InChI is InChI=1S/C18H20F2N2O3S/c1-5-6-24-16(23)13-11(4)21-18(26)22-14(13)12-7-9(2)15(10(3)8-12)25-17(19)20/h5,7-8,14,17H,1,6H2,2-4H3,(H2,21,22,26)/t14-/m0/s1. The summed E-state index contributed by atoms with van der Waals surface area (Å²) in [4.78, 5) is 12.5. The van der Waals surface area contributed by atoms with Gasteiger partial charge in [-0.1, -0.05) is 12.7 Å². The molecule has 0 aromatic heterocycles. The van der Waals surface area contributed by atoms with Crippen molar-refractivity contribution in [2.24, 2.45) is 0 Å². The van der Waals surface area contributed by atoms with Gasteiger partial charge in [-0.3, -0.25) is 0 Å². The summed E-state index contributed by atoms with van der Waals surface area (Å²) in [5.74, 6) is -0.394. The molecular formula is C18H20F2N2O3S. The summed E-state index contributed by atoms with van der Waals surface area (Å²) in [6.07, 6.45) is 1.47.